The average Bonchev–Trinajstić information content (AvgIpc) is 2.47. The summed E-state index contributed by atoms with van der Waals surface area (Å²) in [4.78, 5) is 21.6. The molecular weight excluding hydrogens is 268 g/mol. The first-order valence-corrected chi connectivity index (χ1v) is 6.61. The van der Waals surface area contributed by atoms with Crippen molar-refractivity contribution in [3.05, 3.63) is 75.8 Å². The van der Waals surface area contributed by atoms with Gasteiger partial charge in [-0.15, -0.1) is 0 Å². The number of carbonyl (C=O) groups excluding carboxylic acids is 1. The summed E-state index contributed by atoms with van der Waals surface area (Å²) in [6, 6.07) is 15.9. The van der Waals surface area contributed by atoms with Crippen LogP contribution in [0.3, 0.4) is 0 Å². The zero-order valence-corrected chi connectivity index (χ0v) is 11.7. The average molecular weight is 284 g/mol. The molecule has 2 aromatic carbocycles. The number of nitro groups is 1. The van der Waals surface area contributed by atoms with Crippen LogP contribution < -0.4 is 5.32 Å². The van der Waals surface area contributed by atoms with Crippen LogP contribution >= 0.6 is 0 Å². The Morgan fingerprint density at radius 3 is 2.29 bits per heavy atom. The molecule has 0 saturated carbocycles. The third-order valence-electron chi connectivity index (χ3n) is 3.17. The SMILES string of the molecule is CC(=O)NC(Cc1ccc([N+](=O)[O-])cc1)c1ccccc1. The van der Waals surface area contributed by atoms with E-state index in [1.165, 1.54) is 19.1 Å². The maximum Gasteiger partial charge on any atom is 0.269 e. The van der Waals surface area contributed by atoms with Crippen LogP contribution in [0.15, 0.2) is 54.6 Å². The van der Waals surface area contributed by atoms with Crippen LogP contribution in [0.1, 0.15) is 24.1 Å². The molecule has 1 unspecified atom stereocenters. The molecule has 0 fully saturated rings. The van der Waals surface area contributed by atoms with Gasteiger partial charge in [0.2, 0.25) is 5.91 Å². The summed E-state index contributed by atoms with van der Waals surface area (Å²) in [7, 11) is 0. The van der Waals surface area contributed by atoms with Gasteiger partial charge >= 0.3 is 0 Å². The molecule has 2 aromatic rings. The van der Waals surface area contributed by atoms with Crippen molar-refractivity contribution in [2.24, 2.45) is 0 Å². The minimum absolute atomic E-state index is 0.0644. The molecule has 0 spiro atoms. The molecule has 0 heterocycles. The number of hydrogen-bond donors (Lipinski definition) is 1. The number of nitrogens with one attached hydrogen (secondary N) is 1. The molecule has 1 N–H and O–H groups in total. The molecular formula is C16H16N2O3. The quantitative estimate of drug-likeness (QED) is 0.677. The van der Waals surface area contributed by atoms with Crippen LogP contribution in [0.25, 0.3) is 0 Å². The van der Waals surface area contributed by atoms with Crippen LogP contribution in [-0.4, -0.2) is 10.8 Å². The van der Waals surface area contributed by atoms with E-state index in [1.54, 1.807) is 12.1 Å². The Bertz CT molecular complexity index is 624. The molecule has 5 nitrogen and oxygen atoms in total. The number of carbonyl (C=O) groups is 1. The van der Waals surface area contributed by atoms with Crippen LogP contribution in [-0.2, 0) is 11.2 Å². The van der Waals surface area contributed by atoms with E-state index < -0.39 is 4.92 Å². The molecule has 1 amide bonds. The van der Waals surface area contributed by atoms with Gasteiger partial charge in [0, 0.05) is 19.1 Å². The van der Waals surface area contributed by atoms with Gasteiger partial charge in [-0.2, -0.15) is 0 Å². The highest BCUT2D eigenvalue weighted by atomic mass is 16.6. The van der Waals surface area contributed by atoms with Crippen molar-refractivity contribution in [3.8, 4) is 0 Å². The number of rotatable bonds is 5. The van der Waals surface area contributed by atoms with Gasteiger partial charge in [0.05, 0.1) is 11.0 Å². The Balaban J connectivity index is 2.18. The maximum absolute atomic E-state index is 11.4. The van der Waals surface area contributed by atoms with Crippen molar-refractivity contribution in [1.29, 1.82) is 0 Å². The van der Waals surface area contributed by atoms with E-state index in [-0.39, 0.29) is 17.6 Å². The normalized spacial score (nSPS) is 11.7. The fourth-order valence-corrected chi connectivity index (χ4v) is 2.17. The topological polar surface area (TPSA) is 72.2 Å². The molecule has 108 valence electrons. The van der Waals surface area contributed by atoms with Crippen molar-refractivity contribution in [2.45, 2.75) is 19.4 Å². The molecule has 0 radical (unpaired) electrons. The number of benzene rings is 2. The summed E-state index contributed by atoms with van der Waals surface area (Å²) < 4.78 is 0. The minimum Gasteiger partial charge on any atom is -0.349 e. The monoisotopic (exact) mass is 284 g/mol. The lowest BCUT2D eigenvalue weighted by atomic mass is 9.98. The lowest BCUT2D eigenvalue weighted by Crippen LogP contribution is -2.27. The van der Waals surface area contributed by atoms with E-state index in [2.05, 4.69) is 5.32 Å². The highest BCUT2D eigenvalue weighted by Gasteiger charge is 2.14. The molecule has 2 rings (SSSR count). The predicted octanol–water partition coefficient (Wildman–Crippen LogP) is 3.01. The first-order chi connectivity index (χ1) is 10.1. The van der Waals surface area contributed by atoms with E-state index in [4.69, 9.17) is 0 Å². The van der Waals surface area contributed by atoms with Crippen molar-refractivity contribution < 1.29 is 9.72 Å². The van der Waals surface area contributed by atoms with E-state index in [9.17, 15) is 14.9 Å². The van der Waals surface area contributed by atoms with E-state index in [0.29, 0.717) is 6.42 Å². The summed E-state index contributed by atoms with van der Waals surface area (Å²) in [6.07, 6.45) is 0.585. The number of amides is 1. The Morgan fingerprint density at radius 2 is 1.76 bits per heavy atom. The molecule has 0 aromatic heterocycles. The van der Waals surface area contributed by atoms with Crippen molar-refractivity contribution in [2.75, 3.05) is 0 Å². The van der Waals surface area contributed by atoms with Crippen LogP contribution in [0.2, 0.25) is 0 Å². The summed E-state index contributed by atoms with van der Waals surface area (Å²) in [5.41, 5.74) is 2.00. The minimum atomic E-state index is -0.424. The highest BCUT2D eigenvalue weighted by Crippen LogP contribution is 2.20. The van der Waals surface area contributed by atoms with E-state index in [1.807, 2.05) is 30.3 Å². The number of non-ortho nitro benzene ring substituents is 1. The predicted molar refractivity (Wildman–Crippen MR) is 79.8 cm³/mol. The van der Waals surface area contributed by atoms with Gasteiger partial charge in [0.15, 0.2) is 0 Å². The van der Waals surface area contributed by atoms with Crippen LogP contribution in [0.5, 0.6) is 0 Å². The Labute approximate surface area is 122 Å². The van der Waals surface area contributed by atoms with Crippen LogP contribution in [0, 0.1) is 10.1 Å². The Kier molecular flexibility index (Phi) is 4.66. The second-order valence-corrected chi connectivity index (χ2v) is 4.79. The van der Waals surface area contributed by atoms with Crippen molar-refractivity contribution in [1.82, 2.24) is 5.32 Å². The van der Waals surface area contributed by atoms with E-state index in [0.717, 1.165) is 11.1 Å². The van der Waals surface area contributed by atoms with Gasteiger partial charge in [-0.05, 0) is 17.5 Å². The fourth-order valence-electron chi connectivity index (χ4n) is 2.17. The fraction of sp³-hybridized carbons (Fsp3) is 0.188. The maximum atomic E-state index is 11.4. The molecule has 21 heavy (non-hydrogen) atoms. The first kappa shape index (κ1) is 14.7. The van der Waals surface area contributed by atoms with Crippen molar-refractivity contribution in [3.63, 3.8) is 0 Å². The van der Waals surface area contributed by atoms with Gasteiger partial charge < -0.3 is 5.32 Å². The van der Waals surface area contributed by atoms with Gasteiger partial charge in [0.25, 0.3) is 5.69 Å². The van der Waals surface area contributed by atoms with Gasteiger partial charge in [-0.3, -0.25) is 14.9 Å². The van der Waals surface area contributed by atoms with Crippen molar-refractivity contribution >= 4 is 11.6 Å². The summed E-state index contributed by atoms with van der Waals surface area (Å²) >= 11 is 0. The van der Waals surface area contributed by atoms with Gasteiger partial charge in [-0.25, -0.2) is 0 Å². The van der Waals surface area contributed by atoms with E-state index >= 15 is 0 Å². The summed E-state index contributed by atoms with van der Waals surface area (Å²) in [5, 5.41) is 13.6. The Hall–Kier alpha value is -2.69. The molecule has 0 aliphatic heterocycles. The summed E-state index contributed by atoms with van der Waals surface area (Å²) in [5.74, 6) is -0.106. The zero-order valence-electron chi connectivity index (χ0n) is 11.7. The standard InChI is InChI=1S/C16H16N2O3/c1-12(19)17-16(14-5-3-2-4-6-14)11-13-7-9-15(10-8-13)18(20)21/h2-10,16H,11H2,1H3,(H,17,19). The van der Waals surface area contributed by atoms with Gasteiger partial charge in [-0.1, -0.05) is 42.5 Å². The number of nitrogens with zero attached hydrogens (tertiary/aromatic N) is 1. The largest absolute Gasteiger partial charge is 0.349 e. The highest BCUT2D eigenvalue weighted by molar-refractivity contribution is 5.73. The zero-order chi connectivity index (χ0) is 15.2. The second-order valence-electron chi connectivity index (χ2n) is 4.79. The molecule has 0 aliphatic rings. The number of nitro benzene ring substituents is 1. The molecule has 0 bridgehead atoms. The number of hydrogen-bond acceptors (Lipinski definition) is 3. The molecule has 0 aliphatic carbocycles. The molecule has 5 heteroatoms. The molecule has 1 atom stereocenters. The lowest BCUT2D eigenvalue weighted by Gasteiger charge is -2.18. The lowest BCUT2D eigenvalue weighted by molar-refractivity contribution is -0.384. The van der Waals surface area contributed by atoms with Crippen LogP contribution in [0.4, 0.5) is 5.69 Å². The second kappa shape index (κ2) is 6.65. The summed E-state index contributed by atoms with van der Waals surface area (Å²) in [6.45, 7) is 1.48. The third-order valence-corrected chi connectivity index (χ3v) is 3.17. The first-order valence-electron chi connectivity index (χ1n) is 6.61. The third kappa shape index (κ3) is 4.14. The smallest absolute Gasteiger partial charge is 0.269 e. The van der Waals surface area contributed by atoms with Gasteiger partial charge in [0.1, 0.15) is 0 Å². The Morgan fingerprint density at radius 1 is 1.14 bits per heavy atom. The molecule has 0 saturated heterocycles.